The fraction of sp³-hybridized carbons (Fsp3) is 0.143. The monoisotopic (exact) mass is 404 g/mol. The first-order valence-corrected chi connectivity index (χ1v) is 9.60. The van der Waals surface area contributed by atoms with Crippen molar-refractivity contribution in [2.24, 2.45) is 0 Å². The summed E-state index contributed by atoms with van der Waals surface area (Å²) in [5.41, 5.74) is 3.83. The normalized spacial score (nSPS) is 15.8. The molecule has 0 bridgehead atoms. The summed E-state index contributed by atoms with van der Waals surface area (Å²) < 4.78 is 3.57. The summed E-state index contributed by atoms with van der Waals surface area (Å²) in [4.78, 5) is 16.6. The zero-order valence-corrected chi connectivity index (χ0v) is 16.1. The highest BCUT2D eigenvalue weighted by molar-refractivity contribution is 6.30. The topological polar surface area (TPSA) is 77.6 Å². The lowest BCUT2D eigenvalue weighted by atomic mass is 9.89. The maximum absolute atomic E-state index is 12.4. The van der Waals surface area contributed by atoms with Crippen molar-refractivity contribution in [3.8, 4) is 5.69 Å². The van der Waals surface area contributed by atoms with E-state index in [0.29, 0.717) is 18.0 Å². The Morgan fingerprint density at radius 1 is 1.14 bits per heavy atom. The van der Waals surface area contributed by atoms with Crippen LogP contribution in [0.5, 0.6) is 0 Å². The van der Waals surface area contributed by atoms with Gasteiger partial charge < -0.3 is 5.32 Å². The fourth-order valence-electron chi connectivity index (χ4n) is 3.63. The van der Waals surface area contributed by atoms with Gasteiger partial charge in [-0.2, -0.15) is 10.2 Å². The molecule has 7 nitrogen and oxygen atoms in total. The predicted octanol–water partition coefficient (Wildman–Crippen LogP) is 3.64. The van der Waals surface area contributed by atoms with Gasteiger partial charge in [0.15, 0.2) is 0 Å². The maximum Gasteiger partial charge on any atom is 0.226 e. The molecule has 4 heterocycles. The Bertz CT molecular complexity index is 1180. The van der Waals surface area contributed by atoms with Gasteiger partial charge in [0.2, 0.25) is 5.91 Å². The molecule has 1 aliphatic heterocycles. The van der Waals surface area contributed by atoms with Crippen LogP contribution in [0.4, 0.5) is 5.82 Å². The van der Waals surface area contributed by atoms with Crippen molar-refractivity contribution >= 4 is 23.3 Å². The SMILES string of the molecule is O=C1CC(c2cnn(-c3cccc(Cl)c3)c2)c2cnn(Cc3cccnc3)c2N1. The molecule has 1 aromatic carbocycles. The van der Waals surface area contributed by atoms with Crippen LogP contribution >= 0.6 is 11.6 Å². The van der Waals surface area contributed by atoms with Crippen LogP contribution in [0.15, 0.2) is 67.4 Å². The molecule has 0 fully saturated rings. The summed E-state index contributed by atoms with van der Waals surface area (Å²) in [5, 5.41) is 12.6. The number of nitrogens with one attached hydrogen (secondary N) is 1. The number of carbonyl (C=O) groups excluding carboxylic acids is 1. The summed E-state index contributed by atoms with van der Waals surface area (Å²) in [6, 6.07) is 11.4. The standard InChI is InChI=1S/C21H17ClN6O/c22-16-4-1-5-17(7-16)27-13-15(10-24-27)18-8-20(29)26-21-19(18)11-25-28(21)12-14-3-2-6-23-9-14/h1-7,9-11,13,18H,8,12H2,(H,26,29). The van der Waals surface area contributed by atoms with Crippen LogP contribution in [0.2, 0.25) is 5.02 Å². The second-order valence-electron chi connectivity index (χ2n) is 6.97. The van der Waals surface area contributed by atoms with Gasteiger partial charge in [-0.25, -0.2) is 9.36 Å². The molecule has 0 radical (unpaired) electrons. The summed E-state index contributed by atoms with van der Waals surface area (Å²) in [6.07, 6.45) is 9.45. The molecule has 1 amide bonds. The van der Waals surface area contributed by atoms with Crippen molar-refractivity contribution in [3.63, 3.8) is 0 Å². The van der Waals surface area contributed by atoms with E-state index >= 15 is 0 Å². The minimum absolute atomic E-state index is 0.0362. The van der Waals surface area contributed by atoms with E-state index in [1.165, 1.54) is 0 Å². The van der Waals surface area contributed by atoms with E-state index in [1.54, 1.807) is 28.0 Å². The van der Waals surface area contributed by atoms with Crippen molar-refractivity contribution in [2.75, 3.05) is 5.32 Å². The zero-order valence-electron chi connectivity index (χ0n) is 15.4. The summed E-state index contributed by atoms with van der Waals surface area (Å²) in [6.45, 7) is 0.540. The van der Waals surface area contributed by atoms with Gasteiger partial charge in [0.05, 0.1) is 24.6 Å². The molecule has 4 aromatic rings. The van der Waals surface area contributed by atoms with E-state index in [-0.39, 0.29) is 11.8 Å². The van der Waals surface area contributed by atoms with Gasteiger partial charge in [-0.05, 0) is 35.4 Å². The summed E-state index contributed by atoms with van der Waals surface area (Å²) in [5.74, 6) is 0.589. The van der Waals surface area contributed by atoms with Crippen LogP contribution in [0.1, 0.15) is 29.0 Å². The molecule has 0 aliphatic carbocycles. The van der Waals surface area contributed by atoms with E-state index in [1.807, 2.05) is 48.8 Å². The summed E-state index contributed by atoms with van der Waals surface area (Å²) in [7, 11) is 0. The van der Waals surface area contributed by atoms with E-state index in [0.717, 1.165) is 28.2 Å². The van der Waals surface area contributed by atoms with Crippen molar-refractivity contribution in [2.45, 2.75) is 18.9 Å². The van der Waals surface area contributed by atoms with Crippen molar-refractivity contribution in [1.29, 1.82) is 0 Å². The Morgan fingerprint density at radius 3 is 2.90 bits per heavy atom. The number of rotatable bonds is 4. The van der Waals surface area contributed by atoms with Gasteiger partial charge in [-0.3, -0.25) is 9.78 Å². The zero-order chi connectivity index (χ0) is 19.8. The van der Waals surface area contributed by atoms with Crippen molar-refractivity contribution < 1.29 is 4.79 Å². The van der Waals surface area contributed by atoms with Gasteiger partial charge in [-0.1, -0.05) is 23.7 Å². The van der Waals surface area contributed by atoms with Crippen LogP contribution in [0.3, 0.4) is 0 Å². The number of halogens is 1. The molecule has 0 saturated carbocycles. The Balaban J connectivity index is 1.48. The second kappa shape index (κ2) is 7.18. The number of carbonyl (C=O) groups is 1. The lowest BCUT2D eigenvalue weighted by molar-refractivity contribution is -0.116. The van der Waals surface area contributed by atoms with Crippen LogP contribution in [-0.2, 0) is 11.3 Å². The predicted molar refractivity (Wildman–Crippen MR) is 109 cm³/mol. The highest BCUT2D eigenvalue weighted by Gasteiger charge is 2.31. The third kappa shape index (κ3) is 3.40. The molecular formula is C21H17ClN6O. The molecule has 5 rings (SSSR count). The maximum atomic E-state index is 12.4. The first-order valence-electron chi connectivity index (χ1n) is 9.22. The lowest BCUT2D eigenvalue weighted by Crippen LogP contribution is -2.25. The van der Waals surface area contributed by atoms with E-state index in [4.69, 9.17) is 11.6 Å². The molecule has 1 atom stereocenters. The molecule has 1 N–H and O–H groups in total. The van der Waals surface area contributed by atoms with Crippen LogP contribution in [0.25, 0.3) is 5.69 Å². The molecule has 0 spiro atoms. The van der Waals surface area contributed by atoms with Gasteiger partial charge in [0.1, 0.15) is 5.82 Å². The Morgan fingerprint density at radius 2 is 2.07 bits per heavy atom. The average Bonchev–Trinajstić information content (AvgIpc) is 3.36. The minimum Gasteiger partial charge on any atom is -0.311 e. The van der Waals surface area contributed by atoms with Crippen LogP contribution in [0, 0.1) is 0 Å². The molecule has 1 unspecified atom stereocenters. The quantitative estimate of drug-likeness (QED) is 0.563. The summed E-state index contributed by atoms with van der Waals surface area (Å²) >= 11 is 6.10. The van der Waals surface area contributed by atoms with Gasteiger partial charge in [0.25, 0.3) is 0 Å². The third-order valence-corrected chi connectivity index (χ3v) is 5.26. The van der Waals surface area contributed by atoms with E-state index in [2.05, 4.69) is 20.5 Å². The number of pyridine rings is 1. The van der Waals surface area contributed by atoms with Crippen LogP contribution < -0.4 is 5.32 Å². The number of hydrogen-bond donors (Lipinski definition) is 1. The minimum atomic E-state index is -0.102. The first-order chi connectivity index (χ1) is 14.2. The molecule has 3 aromatic heterocycles. The molecule has 0 saturated heterocycles. The molecule has 144 valence electrons. The largest absolute Gasteiger partial charge is 0.311 e. The number of aromatic nitrogens is 5. The number of fused-ring (bicyclic) bond motifs is 1. The fourth-order valence-corrected chi connectivity index (χ4v) is 3.81. The molecular weight excluding hydrogens is 388 g/mol. The Hall–Kier alpha value is -3.45. The smallest absolute Gasteiger partial charge is 0.226 e. The van der Waals surface area contributed by atoms with E-state index in [9.17, 15) is 4.79 Å². The number of nitrogens with zero attached hydrogens (tertiary/aromatic N) is 5. The Labute approximate surface area is 172 Å². The Kier molecular flexibility index (Phi) is 4.37. The second-order valence-corrected chi connectivity index (χ2v) is 7.41. The van der Waals surface area contributed by atoms with Gasteiger partial charge in [0, 0.05) is 41.5 Å². The van der Waals surface area contributed by atoms with Gasteiger partial charge >= 0.3 is 0 Å². The van der Waals surface area contributed by atoms with Crippen LogP contribution in [-0.4, -0.2) is 30.5 Å². The van der Waals surface area contributed by atoms with Crippen molar-refractivity contribution in [1.82, 2.24) is 24.5 Å². The number of amides is 1. The average molecular weight is 405 g/mol. The first kappa shape index (κ1) is 17.6. The van der Waals surface area contributed by atoms with E-state index < -0.39 is 0 Å². The van der Waals surface area contributed by atoms with Crippen molar-refractivity contribution in [3.05, 3.63) is 89.1 Å². The number of benzene rings is 1. The van der Waals surface area contributed by atoms with Gasteiger partial charge in [-0.15, -0.1) is 0 Å². The highest BCUT2D eigenvalue weighted by Crippen LogP contribution is 2.37. The highest BCUT2D eigenvalue weighted by atomic mass is 35.5. The molecule has 1 aliphatic rings. The number of hydrogen-bond acceptors (Lipinski definition) is 4. The number of anilines is 1. The molecule has 29 heavy (non-hydrogen) atoms. The molecule has 8 heteroatoms. The lowest BCUT2D eigenvalue weighted by Gasteiger charge is -2.22. The third-order valence-electron chi connectivity index (χ3n) is 5.02.